The van der Waals surface area contributed by atoms with Gasteiger partial charge in [0.25, 0.3) is 0 Å². The molecule has 4 nitrogen and oxygen atoms in total. The molecule has 1 amide bonds. The lowest BCUT2D eigenvalue weighted by Gasteiger charge is -2.17. The Morgan fingerprint density at radius 3 is 2.75 bits per heavy atom. The first-order chi connectivity index (χ1) is 7.72. The van der Waals surface area contributed by atoms with E-state index >= 15 is 0 Å². The predicted octanol–water partition coefficient (Wildman–Crippen LogP) is -0.0323. The van der Waals surface area contributed by atoms with Gasteiger partial charge < -0.3 is 10.4 Å². The second-order valence-electron chi connectivity index (χ2n) is 5.60. The van der Waals surface area contributed by atoms with Crippen LogP contribution in [0.2, 0.25) is 0 Å². The van der Waals surface area contributed by atoms with Gasteiger partial charge in [0, 0.05) is 25.0 Å². The molecule has 0 aromatic heterocycles. The summed E-state index contributed by atoms with van der Waals surface area (Å²) in [4.78, 5) is 13.8. The lowest BCUT2D eigenvalue weighted by Crippen LogP contribution is -2.37. The van der Waals surface area contributed by atoms with Crippen LogP contribution in [0.3, 0.4) is 0 Å². The van der Waals surface area contributed by atoms with Crippen LogP contribution in [-0.4, -0.2) is 47.7 Å². The maximum atomic E-state index is 11.6. The van der Waals surface area contributed by atoms with Crippen molar-refractivity contribution in [3.63, 3.8) is 0 Å². The summed E-state index contributed by atoms with van der Waals surface area (Å²) in [6.07, 6.45) is 4.26. The molecule has 0 aromatic rings. The first-order valence-corrected chi connectivity index (χ1v) is 6.42. The van der Waals surface area contributed by atoms with Gasteiger partial charge in [-0.15, -0.1) is 0 Å². The van der Waals surface area contributed by atoms with Gasteiger partial charge in [0.1, 0.15) is 0 Å². The summed E-state index contributed by atoms with van der Waals surface area (Å²) in [7, 11) is 0. The van der Waals surface area contributed by atoms with E-state index in [2.05, 4.69) is 10.2 Å². The monoisotopic (exact) mass is 224 g/mol. The topological polar surface area (TPSA) is 52.6 Å². The van der Waals surface area contributed by atoms with E-state index in [0.717, 1.165) is 38.8 Å². The lowest BCUT2D eigenvalue weighted by molar-refractivity contribution is -0.122. The largest absolute Gasteiger partial charge is 0.393 e. The molecule has 1 heterocycles. The number of carbonyl (C=O) groups is 1. The molecule has 2 aliphatic carbocycles. The third-order valence-corrected chi connectivity index (χ3v) is 4.20. The Bertz CT molecular complexity index is 291. The Kier molecular flexibility index (Phi) is 2.64. The standard InChI is InChI=1S/C12H20N2O2/c15-11-4-1-8-5-14(6-10(8)11)7-12(16)13-9-2-3-9/h8-11,15H,1-7H2,(H,13,16). The number of nitrogens with zero attached hydrogens (tertiary/aromatic N) is 1. The number of rotatable bonds is 3. The molecule has 1 aliphatic heterocycles. The van der Waals surface area contributed by atoms with Crippen LogP contribution in [0.5, 0.6) is 0 Å². The number of fused-ring (bicyclic) bond motifs is 1. The van der Waals surface area contributed by atoms with Crippen LogP contribution in [-0.2, 0) is 4.79 Å². The van der Waals surface area contributed by atoms with Crippen molar-refractivity contribution in [3.8, 4) is 0 Å². The summed E-state index contributed by atoms with van der Waals surface area (Å²) in [6.45, 7) is 2.43. The van der Waals surface area contributed by atoms with Crippen molar-refractivity contribution in [1.82, 2.24) is 10.2 Å². The number of hydrogen-bond acceptors (Lipinski definition) is 3. The molecule has 90 valence electrons. The van der Waals surface area contributed by atoms with Gasteiger partial charge >= 0.3 is 0 Å². The molecule has 2 N–H and O–H groups in total. The molecule has 4 heteroatoms. The fourth-order valence-electron chi connectivity index (χ4n) is 3.16. The van der Waals surface area contributed by atoms with Crippen LogP contribution in [0.15, 0.2) is 0 Å². The first kappa shape index (κ1) is 10.5. The third-order valence-electron chi connectivity index (χ3n) is 4.20. The van der Waals surface area contributed by atoms with Gasteiger partial charge in [-0.25, -0.2) is 0 Å². The van der Waals surface area contributed by atoms with Crippen molar-refractivity contribution in [2.75, 3.05) is 19.6 Å². The summed E-state index contributed by atoms with van der Waals surface area (Å²) < 4.78 is 0. The van der Waals surface area contributed by atoms with E-state index in [9.17, 15) is 9.90 Å². The first-order valence-electron chi connectivity index (χ1n) is 6.42. The van der Waals surface area contributed by atoms with Gasteiger partial charge in [0.2, 0.25) is 5.91 Å². The zero-order valence-corrected chi connectivity index (χ0v) is 9.56. The van der Waals surface area contributed by atoms with E-state index < -0.39 is 0 Å². The molecule has 16 heavy (non-hydrogen) atoms. The number of carbonyl (C=O) groups excluding carboxylic acids is 1. The second kappa shape index (κ2) is 4.00. The summed E-state index contributed by atoms with van der Waals surface area (Å²) in [5.74, 6) is 1.22. The summed E-state index contributed by atoms with van der Waals surface area (Å²) in [6, 6.07) is 0.459. The highest BCUT2D eigenvalue weighted by Gasteiger charge is 2.42. The smallest absolute Gasteiger partial charge is 0.234 e. The highest BCUT2D eigenvalue weighted by Crippen LogP contribution is 2.37. The van der Waals surface area contributed by atoms with Crippen molar-refractivity contribution in [1.29, 1.82) is 0 Å². The molecule has 2 saturated carbocycles. The van der Waals surface area contributed by atoms with Crippen LogP contribution in [0, 0.1) is 11.8 Å². The van der Waals surface area contributed by atoms with Crippen molar-refractivity contribution in [2.24, 2.45) is 11.8 Å². The fourth-order valence-corrected chi connectivity index (χ4v) is 3.16. The van der Waals surface area contributed by atoms with Crippen molar-refractivity contribution < 1.29 is 9.90 Å². The highest BCUT2D eigenvalue weighted by atomic mass is 16.3. The lowest BCUT2D eigenvalue weighted by atomic mass is 10.00. The zero-order valence-electron chi connectivity index (χ0n) is 9.56. The predicted molar refractivity (Wildman–Crippen MR) is 59.8 cm³/mol. The van der Waals surface area contributed by atoms with Gasteiger partial charge in [0.15, 0.2) is 0 Å². The molecule has 0 spiro atoms. The van der Waals surface area contributed by atoms with E-state index in [-0.39, 0.29) is 12.0 Å². The van der Waals surface area contributed by atoms with Gasteiger partial charge in [-0.05, 0) is 31.6 Å². The maximum absolute atomic E-state index is 11.6. The Hall–Kier alpha value is -0.610. The van der Waals surface area contributed by atoms with Crippen molar-refractivity contribution in [3.05, 3.63) is 0 Å². The van der Waals surface area contributed by atoms with Gasteiger partial charge in [-0.1, -0.05) is 0 Å². The van der Waals surface area contributed by atoms with Crippen LogP contribution >= 0.6 is 0 Å². The molecule has 1 saturated heterocycles. The molecule has 3 fully saturated rings. The van der Waals surface area contributed by atoms with Gasteiger partial charge in [-0.2, -0.15) is 0 Å². The van der Waals surface area contributed by atoms with Gasteiger partial charge in [-0.3, -0.25) is 9.69 Å². The Labute approximate surface area is 96.0 Å². The molecule has 3 aliphatic rings. The quantitative estimate of drug-likeness (QED) is 0.707. The SMILES string of the molecule is O=C(CN1CC2CCC(O)C2C1)NC1CC1. The molecule has 0 bridgehead atoms. The van der Waals surface area contributed by atoms with Crippen LogP contribution in [0.25, 0.3) is 0 Å². The van der Waals surface area contributed by atoms with E-state index in [0.29, 0.717) is 24.4 Å². The van der Waals surface area contributed by atoms with E-state index in [4.69, 9.17) is 0 Å². The molecule has 0 radical (unpaired) electrons. The molecular formula is C12H20N2O2. The van der Waals surface area contributed by atoms with E-state index in [1.807, 2.05) is 0 Å². The fraction of sp³-hybridized carbons (Fsp3) is 0.917. The minimum absolute atomic E-state index is 0.124. The van der Waals surface area contributed by atoms with Crippen LogP contribution < -0.4 is 5.32 Å². The average Bonchev–Trinajstić information content (AvgIpc) is 2.84. The van der Waals surface area contributed by atoms with Crippen LogP contribution in [0.1, 0.15) is 25.7 Å². The van der Waals surface area contributed by atoms with Crippen LogP contribution in [0.4, 0.5) is 0 Å². The minimum atomic E-state index is -0.124. The minimum Gasteiger partial charge on any atom is -0.393 e. The molecular weight excluding hydrogens is 204 g/mol. The summed E-state index contributed by atoms with van der Waals surface area (Å²) in [5, 5.41) is 12.8. The Balaban J connectivity index is 1.48. The normalized spacial score (nSPS) is 38.7. The Morgan fingerprint density at radius 1 is 1.25 bits per heavy atom. The molecule has 0 aromatic carbocycles. The summed E-state index contributed by atoms with van der Waals surface area (Å²) in [5.41, 5.74) is 0. The van der Waals surface area contributed by atoms with E-state index in [1.54, 1.807) is 0 Å². The van der Waals surface area contributed by atoms with Crippen molar-refractivity contribution >= 4 is 5.91 Å². The number of hydrogen-bond donors (Lipinski definition) is 2. The zero-order chi connectivity index (χ0) is 11.1. The Morgan fingerprint density at radius 2 is 2.06 bits per heavy atom. The molecule has 3 atom stereocenters. The number of likely N-dealkylation sites (tertiary alicyclic amines) is 1. The van der Waals surface area contributed by atoms with Crippen molar-refractivity contribution in [2.45, 2.75) is 37.8 Å². The third kappa shape index (κ3) is 2.09. The number of nitrogens with one attached hydrogen (secondary N) is 1. The highest BCUT2D eigenvalue weighted by molar-refractivity contribution is 5.78. The molecule has 3 rings (SSSR count). The second-order valence-corrected chi connectivity index (χ2v) is 5.60. The number of aliphatic hydroxyl groups excluding tert-OH is 1. The van der Waals surface area contributed by atoms with Gasteiger partial charge in [0.05, 0.1) is 12.6 Å². The number of aliphatic hydroxyl groups is 1. The average molecular weight is 224 g/mol. The van der Waals surface area contributed by atoms with E-state index in [1.165, 1.54) is 0 Å². The molecule has 3 unspecified atom stereocenters. The maximum Gasteiger partial charge on any atom is 0.234 e. The summed E-state index contributed by atoms with van der Waals surface area (Å²) >= 11 is 0. The number of amides is 1.